The molecule has 1 aliphatic heterocycles. The van der Waals surface area contributed by atoms with Gasteiger partial charge in [-0.25, -0.2) is 9.97 Å². The number of hydrogen-bond donors (Lipinski definition) is 1. The molecule has 0 spiro atoms. The van der Waals surface area contributed by atoms with Crippen LogP contribution in [0, 0.1) is 0 Å². The minimum absolute atomic E-state index is 0.103. The summed E-state index contributed by atoms with van der Waals surface area (Å²) in [5, 5.41) is 7.12. The lowest BCUT2D eigenvalue weighted by Gasteiger charge is -2.31. The van der Waals surface area contributed by atoms with Crippen LogP contribution in [0.5, 0.6) is 0 Å². The van der Waals surface area contributed by atoms with Gasteiger partial charge in [0.05, 0.1) is 13.2 Å². The van der Waals surface area contributed by atoms with Crippen LogP contribution in [0.1, 0.15) is 73.5 Å². The fourth-order valence-electron chi connectivity index (χ4n) is 2.66. The van der Waals surface area contributed by atoms with E-state index in [4.69, 9.17) is 9.15 Å². The van der Waals surface area contributed by atoms with Gasteiger partial charge in [-0.2, -0.15) is 5.10 Å². The van der Waals surface area contributed by atoms with Crippen molar-refractivity contribution in [3.63, 3.8) is 0 Å². The van der Waals surface area contributed by atoms with Crippen molar-refractivity contribution >= 4 is 5.91 Å². The van der Waals surface area contributed by atoms with Crippen LogP contribution in [0.15, 0.2) is 10.8 Å². The van der Waals surface area contributed by atoms with E-state index in [1.54, 1.807) is 4.90 Å². The van der Waals surface area contributed by atoms with Crippen molar-refractivity contribution in [3.8, 4) is 0 Å². The smallest absolute Gasteiger partial charge is 0.276 e. The summed E-state index contributed by atoms with van der Waals surface area (Å²) >= 11 is 0. The number of carbonyl (C=O) groups is 1. The summed E-state index contributed by atoms with van der Waals surface area (Å²) in [5.41, 5.74) is 0.381. The molecular weight excluding hydrogens is 310 g/mol. The number of ether oxygens (including phenoxy) is 1. The SMILES string of the molecule is CC(C)c1n[nH]c([C@H]2CN(C(=O)c3ncoc3C(C)C)CCO2)n1. The average Bonchev–Trinajstić information content (AvgIpc) is 3.23. The van der Waals surface area contributed by atoms with Crippen molar-refractivity contribution in [3.05, 3.63) is 29.5 Å². The molecule has 0 saturated carbocycles. The third-order valence-corrected chi connectivity index (χ3v) is 4.02. The van der Waals surface area contributed by atoms with Crippen LogP contribution in [0.25, 0.3) is 0 Å². The average molecular weight is 333 g/mol. The van der Waals surface area contributed by atoms with Crippen LogP contribution in [0.2, 0.25) is 0 Å². The molecule has 1 saturated heterocycles. The Balaban J connectivity index is 1.75. The summed E-state index contributed by atoms with van der Waals surface area (Å²) in [7, 11) is 0. The van der Waals surface area contributed by atoms with Gasteiger partial charge in [-0.15, -0.1) is 0 Å². The Morgan fingerprint density at radius 3 is 2.79 bits per heavy atom. The normalized spacial score (nSPS) is 18.6. The third-order valence-electron chi connectivity index (χ3n) is 4.02. The first-order valence-electron chi connectivity index (χ1n) is 8.23. The van der Waals surface area contributed by atoms with Crippen molar-refractivity contribution in [2.45, 2.75) is 45.6 Å². The highest BCUT2D eigenvalue weighted by Gasteiger charge is 2.31. The van der Waals surface area contributed by atoms with Crippen LogP contribution < -0.4 is 0 Å². The van der Waals surface area contributed by atoms with E-state index in [1.165, 1.54) is 6.39 Å². The van der Waals surface area contributed by atoms with Gasteiger partial charge in [0.15, 0.2) is 23.7 Å². The van der Waals surface area contributed by atoms with Gasteiger partial charge in [-0.1, -0.05) is 27.7 Å². The zero-order chi connectivity index (χ0) is 17.3. The van der Waals surface area contributed by atoms with Crippen LogP contribution in [-0.4, -0.2) is 50.7 Å². The Morgan fingerprint density at radius 1 is 1.33 bits per heavy atom. The molecule has 0 radical (unpaired) electrons. The van der Waals surface area contributed by atoms with E-state index in [0.717, 1.165) is 5.82 Å². The molecule has 0 aromatic carbocycles. The minimum atomic E-state index is -0.308. The van der Waals surface area contributed by atoms with E-state index in [0.29, 0.717) is 37.0 Å². The van der Waals surface area contributed by atoms with E-state index in [9.17, 15) is 4.79 Å². The summed E-state index contributed by atoms with van der Waals surface area (Å²) in [6, 6.07) is 0. The number of carbonyl (C=O) groups excluding carboxylic acids is 1. The molecule has 2 aromatic rings. The maximum absolute atomic E-state index is 12.8. The first-order valence-corrected chi connectivity index (χ1v) is 8.23. The Labute approximate surface area is 140 Å². The number of oxazole rings is 1. The number of aromatic amines is 1. The third kappa shape index (κ3) is 3.19. The van der Waals surface area contributed by atoms with Crippen molar-refractivity contribution in [2.24, 2.45) is 0 Å². The molecule has 8 heteroatoms. The summed E-state index contributed by atoms with van der Waals surface area (Å²) in [4.78, 5) is 23.1. The molecule has 0 bridgehead atoms. The summed E-state index contributed by atoms with van der Waals surface area (Å²) in [5.74, 6) is 2.22. The second-order valence-electron chi connectivity index (χ2n) is 6.56. The molecule has 24 heavy (non-hydrogen) atoms. The van der Waals surface area contributed by atoms with Gasteiger partial charge < -0.3 is 14.1 Å². The number of rotatable bonds is 4. The maximum Gasteiger partial charge on any atom is 0.276 e. The molecule has 3 rings (SSSR count). The first-order chi connectivity index (χ1) is 11.5. The minimum Gasteiger partial charge on any atom is -0.447 e. The van der Waals surface area contributed by atoms with Crippen LogP contribution >= 0.6 is 0 Å². The highest BCUT2D eigenvalue weighted by Crippen LogP contribution is 2.24. The highest BCUT2D eigenvalue weighted by molar-refractivity contribution is 5.93. The first kappa shape index (κ1) is 16.6. The second kappa shape index (κ2) is 6.72. The molecule has 2 aromatic heterocycles. The second-order valence-corrected chi connectivity index (χ2v) is 6.56. The molecule has 1 fully saturated rings. The van der Waals surface area contributed by atoms with Gasteiger partial charge >= 0.3 is 0 Å². The van der Waals surface area contributed by atoms with Crippen LogP contribution in [0.3, 0.4) is 0 Å². The molecule has 0 aliphatic carbocycles. The molecule has 1 atom stereocenters. The van der Waals surface area contributed by atoms with Crippen molar-refractivity contribution in [2.75, 3.05) is 19.7 Å². The molecule has 0 unspecified atom stereocenters. The number of nitrogens with zero attached hydrogens (tertiary/aromatic N) is 4. The maximum atomic E-state index is 12.8. The van der Waals surface area contributed by atoms with Crippen LogP contribution in [-0.2, 0) is 4.74 Å². The number of morpholine rings is 1. The molecule has 130 valence electrons. The van der Waals surface area contributed by atoms with Gasteiger partial charge in [0, 0.05) is 18.4 Å². The highest BCUT2D eigenvalue weighted by atomic mass is 16.5. The molecule has 8 nitrogen and oxygen atoms in total. The topological polar surface area (TPSA) is 97.1 Å². The van der Waals surface area contributed by atoms with Gasteiger partial charge in [0.2, 0.25) is 0 Å². The molecule has 1 amide bonds. The van der Waals surface area contributed by atoms with Crippen molar-refractivity contribution in [1.82, 2.24) is 25.1 Å². The predicted molar refractivity (Wildman–Crippen MR) is 85.7 cm³/mol. The zero-order valence-corrected chi connectivity index (χ0v) is 14.4. The van der Waals surface area contributed by atoms with Gasteiger partial charge in [-0.3, -0.25) is 9.89 Å². The van der Waals surface area contributed by atoms with Gasteiger partial charge in [-0.05, 0) is 0 Å². The molecule has 1 aliphatic rings. The Kier molecular flexibility index (Phi) is 4.66. The van der Waals surface area contributed by atoms with Crippen LogP contribution in [0.4, 0.5) is 0 Å². The van der Waals surface area contributed by atoms with Gasteiger partial charge in [0.25, 0.3) is 5.91 Å². The Morgan fingerprint density at radius 2 is 2.12 bits per heavy atom. The van der Waals surface area contributed by atoms with Crippen molar-refractivity contribution in [1.29, 1.82) is 0 Å². The number of H-pyrrole nitrogens is 1. The number of aromatic nitrogens is 4. The summed E-state index contributed by atoms with van der Waals surface area (Å²) in [6.45, 7) is 9.39. The van der Waals surface area contributed by atoms with E-state index in [1.807, 2.05) is 27.7 Å². The Bertz CT molecular complexity index is 706. The predicted octanol–water partition coefficient (Wildman–Crippen LogP) is 2.25. The zero-order valence-electron chi connectivity index (χ0n) is 14.4. The lowest BCUT2D eigenvalue weighted by molar-refractivity contribution is -0.0269. The van der Waals surface area contributed by atoms with E-state index in [-0.39, 0.29) is 23.8 Å². The number of hydrogen-bond acceptors (Lipinski definition) is 6. The Hall–Kier alpha value is -2.22. The fourth-order valence-corrected chi connectivity index (χ4v) is 2.66. The van der Waals surface area contributed by atoms with E-state index >= 15 is 0 Å². The van der Waals surface area contributed by atoms with Gasteiger partial charge in [0.1, 0.15) is 11.9 Å². The lowest BCUT2D eigenvalue weighted by atomic mass is 10.1. The molecular formula is C16H23N5O3. The van der Waals surface area contributed by atoms with E-state index < -0.39 is 0 Å². The quantitative estimate of drug-likeness (QED) is 0.921. The number of nitrogens with one attached hydrogen (secondary N) is 1. The molecule has 1 N–H and O–H groups in total. The monoisotopic (exact) mass is 333 g/mol. The summed E-state index contributed by atoms with van der Waals surface area (Å²) in [6.07, 6.45) is 1.02. The van der Waals surface area contributed by atoms with E-state index in [2.05, 4.69) is 20.2 Å². The van der Waals surface area contributed by atoms with Crippen molar-refractivity contribution < 1.29 is 13.9 Å². The lowest BCUT2D eigenvalue weighted by Crippen LogP contribution is -2.43. The number of amides is 1. The standard InChI is InChI=1S/C16H23N5O3/c1-9(2)13-12(17-8-24-13)16(22)21-5-6-23-11(7-21)15-18-14(10(3)4)19-20-15/h8-11H,5-7H2,1-4H3,(H,18,19,20)/t11-/m1/s1. The fraction of sp³-hybridized carbons (Fsp3) is 0.625. The largest absolute Gasteiger partial charge is 0.447 e. The summed E-state index contributed by atoms with van der Waals surface area (Å²) < 4.78 is 11.1. The molecule has 3 heterocycles.